The van der Waals surface area contributed by atoms with Crippen molar-refractivity contribution in [2.24, 2.45) is 0 Å². The van der Waals surface area contributed by atoms with Gasteiger partial charge in [0.2, 0.25) is 0 Å². The lowest BCUT2D eigenvalue weighted by molar-refractivity contribution is 0.0921. The number of carbonyl (C=O) groups is 3. The van der Waals surface area contributed by atoms with Gasteiger partial charge in [0.1, 0.15) is 11.5 Å². The monoisotopic (exact) mass is 322 g/mol. The van der Waals surface area contributed by atoms with Crippen LogP contribution in [0.3, 0.4) is 0 Å². The average Bonchev–Trinajstić information content (AvgIpc) is 2.96. The third-order valence-electron chi connectivity index (χ3n) is 4.06. The number of hydrogen-bond donors (Lipinski definition) is 0. The maximum atomic E-state index is 11.9. The summed E-state index contributed by atoms with van der Waals surface area (Å²) in [6, 6.07) is 10.0. The molecule has 5 heteroatoms. The van der Waals surface area contributed by atoms with Crippen molar-refractivity contribution in [1.82, 2.24) is 0 Å². The molecule has 4 rings (SSSR count). The predicted molar refractivity (Wildman–Crippen MR) is 86.9 cm³/mol. The van der Waals surface area contributed by atoms with Crippen molar-refractivity contribution in [2.75, 3.05) is 0 Å². The minimum Gasteiger partial charge on any atom is -0.457 e. The Balaban J connectivity index is 1.68. The van der Waals surface area contributed by atoms with E-state index in [2.05, 4.69) is 0 Å². The van der Waals surface area contributed by atoms with Crippen molar-refractivity contribution in [3.05, 3.63) is 58.7 Å². The molecule has 0 bridgehead atoms. The average molecular weight is 322 g/mol. The zero-order valence-electron chi connectivity index (χ0n) is 11.9. The van der Waals surface area contributed by atoms with Crippen LogP contribution in [0, 0.1) is 0 Å². The van der Waals surface area contributed by atoms with Crippen LogP contribution in [-0.4, -0.2) is 22.2 Å². The lowest BCUT2D eigenvalue weighted by Crippen LogP contribution is -1.95. The van der Waals surface area contributed by atoms with Gasteiger partial charge in [-0.25, -0.2) is 0 Å². The summed E-state index contributed by atoms with van der Waals surface area (Å²) in [5.41, 5.74) is 2.19. The second-order valence-electron chi connectivity index (χ2n) is 5.56. The van der Waals surface area contributed by atoms with E-state index in [4.69, 9.17) is 17.0 Å². The molecular weight excluding hydrogens is 312 g/mol. The van der Waals surface area contributed by atoms with E-state index in [9.17, 15) is 14.4 Å². The Hall–Kier alpha value is -2.66. The lowest BCUT2D eigenvalue weighted by atomic mass is 10.1. The molecule has 23 heavy (non-hydrogen) atoms. The second-order valence-corrected chi connectivity index (χ2v) is 6.06. The first-order valence-electron chi connectivity index (χ1n) is 7.12. The summed E-state index contributed by atoms with van der Waals surface area (Å²) in [5, 5.41) is 0. The van der Waals surface area contributed by atoms with Gasteiger partial charge < -0.3 is 4.74 Å². The van der Waals surface area contributed by atoms with Crippen LogP contribution in [0.1, 0.15) is 49.5 Å². The molecule has 0 spiro atoms. The van der Waals surface area contributed by atoms with E-state index in [0.717, 1.165) is 5.56 Å². The Morgan fingerprint density at radius 1 is 0.696 bits per heavy atom. The molecule has 0 unspecified atom stereocenters. The minimum absolute atomic E-state index is 0.00909. The van der Waals surface area contributed by atoms with Crippen LogP contribution in [0.4, 0.5) is 0 Å². The first-order valence-corrected chi connectivity index (χ1v) is 7.52. The molecule has 0 amide bonds. The molecule has 0 N–H and O–H groups in total. The van der Waals surface area contributed by atoms with Crippen molar-refractivity contribution in [2.45, 2.75) is 12.8 Å². The van der Waals surface area contributed by atoms with Crippen LogP contribution in [0.5, 0.6) is 11.5 Å². The number of rotatable bonds is 2. The zero-order valence-corrected chi connectivity index (χ0v) is 12.7. The summed E-state index contributed by atoms with van der Waals surface area (Å²) in [4.78, 5) is 35.9. The van der Waals surface area contributed by atoms with Gasteiger partial charge in [-0.3, -0.25) is 14.4 Å². The van der Waals surface area contributed by atoms with Gasteiger partial charge in [-0.1, -0.05) is 12.2 Å². The Kier molecular flexibility index (Phi) is 2.99. The van der Waals surface area contributed by atoms with Gasteiger partial charge >= 0.3 is 0 Å². The van der Waals surface area contributed by atoms with Gasteiger partial charge in [-0.05, 0) is 42.0 Å². The normalized spacial score (nSPS) is 15.8. The summed E-state index contributed by atoms with van der Waals surface area (Å²) in [6.45, 7) is 0. The molecule has 0 saturated carbocycles. The van der Waals surface area contributed by atoms with Gasteiger partial charge in [0.15, 0.2) is 17.3 Å². The minimum atomic E-state index is -0.190. The Bertz CT molecular complexity index is 851. The quantitative estimate of drug-likeness (QED) is 0.625. The summed E-state index contributed by atoms with van der Waals surface area (Å²) >= 11 is 5.17. The van der Waals surface area contributed by atoms with Crippen LogP contribution >= 0.6 is 12.2 Å². The van der Waals surface area contributed by atoms with Crippen molar-refractivity contribution in [3.8, 4) is 11.5 Å². The highest BCUT2D eigenvalue weighted by Crippen LogP contribution is 2.32. The predicted octanol–water partition coefficient (Wildman–Crippen LogP) is 3.55. The third kappa shape index (κ3) is 2.21. The van der Waals surface area contributed by atoms with E-state index in [0.29, 0.717) is 33.1 Å². The topological polar surface area (TPSA) is 60.4 Å². The third-order valence-corrected chi connectivity index (χ3v) is 4.43. The van der Waals surface area contributed by atoms with Crippen molar-refractivity contribution in [3.63, 3.8) is 0 Å². The molecule has 0 radical (unpaired) electrons. The number of thiocarbonyl (C=S) groups is 1. The maximum Gasteiger partial charge on any atom is 0.171 e. The van der Waals surface area contributed by atoms with Crippen LogP contribution in [-0.2, 0) is 0 Å². The van der Waals surface area contributed by atoms with Crippen LogP contribution < -0.4 is 4.74 Å². The molecule has 2 aromatic rings. The number of benzene rings is 2. The highest BCUT2D eigenvalue weighted by Gasteiger charge is 2.28. The molecule has 0 saturated heterocycles. The molecule has 2 aliphatic carbocycles. The van der Waals surface area contributed by atoms with Crippen LogP contribution in [0.25, 0.3) is 0 Å². The molecule has 0 atom stereocenters. The van der Waals surface area contributed by atoms with Crippen molar-refractivity contribution in [1.29, 1.82) is 0 Å². The highest BCUT2D eigenvalue weighted by atomic mass is 32.1. The molecule has 4 nitrogen and oxygen atoms in total. The fourth-order valence-corrected chi connectivity index (χ4v) is 3.24. The number of fused-ring (bicyclic) bond motifs is 2. The number of hydrogen-bond acceptors (Lipinski definition) is 5. The largest absolute Gasteiger partial charge is 0.457 e. The Morgan fingerprint density at radius 3 is 1.91 bits per heavy atom. The van der Waals surface area contributed by atoms with Gasteiger partial charge in [-0.15, -0.1) is 0 Å². The smallest absolute Gasteiger partial charge is 0.171 e. The second kappa shape index (κ2) is 4.93. The number of carbonyl (C=O) groups excluding carboxylic acids is 3. The molecule has 0 heterocycles. The molecule has 0 fully saturated rings. The summed E-state index contributed by atoms with van der Waals surface area (Å²) in [6.07, 6.45) is 0.188. The molecule has 0 aliphatic heterocycles. The van der Waals surface area contributed by atoms with Gasteiger partial charge in [0.25, 0.3) is 0 Å². The van der Waals surface area contributed by atoms with Crippen molar-refractivity contribution < 1.29 is 19.1 Å². The van der Waals surface area contributed by atoms with Crippen molar-refractivity contribution >= 4 is 34.4 Å². The summed E-state index contributed by atoms with van der Waals surface area (Å²) in [5.74, 6) is 0.599. The Labute approximate surface area is 137 Å². The first-order chi connectivity index (χ1) is 11.0. The van der Waals surface area contributed by atoms with E-state index in [1.165, 1.54) is 0 Å². The van der Waals surface area contributed by atoms with Gasteiger partial charge in [0, 0.05) is 28.0 Å². The highest BCUT2D eigenvalue weighted by molar-refractivity contribution is 7.81. The molecule has 112 valence electrons. The molecular formula is C18H10O4S. The SMILES string of the molecule is O=C1CC(=O)c2cc(Oc3ccc4c(c3)C(=O)CC4=S)ccc21. The standard InChI is InChI=1S/C18H10O4S/c19-15-7-16(20)13-5-9(1-3-11(13)15)22-10-2-4-12-14(6-10)17(21)8-18(12)23/h1-6H,7-8H2. The summed E-state index contributed by atoms with van der Waals surface area (Å²) < 4.78 is 5.74. The van der Waals surface area contributed by atoms with E-state index < -0.39 is 0 Å². The van der Waals surface area contributed by atoms with Gasteiger partial charge in [0.05, 0.1) is 6.42 Å². The van der Waals surface area contributed by atoms with Crippen LogP contribution in [0.15, 0.2) is 36.4 Å². The van der Waals surface area contributed by atoms with Gasteiger partial charge in [-0.2, -0.15) is 0 Å². The fourth-order valence-electron chi connectivity index (χ4n) is 2.93. The number of ketones is 3. The number of Topliss-reactive ketones (excluding diaryl/α,β-unsaturated/α-hetero) is 3. The van der Waals surface area contributed by atoms with E-state index in [-0.39, 0.29) is 30.2 Å². The fraction of sp³-hybridized carbons (Fsp3) is 0.111. The van der Waals surface area contributed by atoms with E-state index in [1.807, 2.05) is 0 Å². The Morgan fingerprint density at radius 2 is 1.22 bits per heavy atom. The maximum absolute atomic E-state index is 11.9. The summed E-state index contributed by atoms with van der Waals surface area (Å²) in [7, 11) is 0. The first kappa shape index (κ1) is 14.0. The molecule has 0 aromatic heterocycles. The van der Waals surface area contributed by atoms with E-state index >= 15 is 0 Å². The lowest BCUT2D eigenvalue weighted by Gasteiger charge is -2.08. The number of ether oxygens (including phenoxy) is 1. The van der Waals surface area contributed by atoms with E-state index in [1.54, 1.807) is 36.4 Å². The molecule has 2 aromatic carbocycles. The van der Waals surface area contributed by atoms with Crippen LogP contribution in [0.2, 0.25) is 0 Å². The molecule has 2 aliphatic rings. The zero-order chi connectivity index (χ0) is 16.1.